The molecule has 4 rings (SSSR count). The lowest BCUT2D eigenvalue weighted by atomic mass is 10.00. The molecule has 0 aliphatic heterocycles. The first-order valence-electron chi connectivity index (χ1n) is 10.9. The molecule has 0 aliphatic carbocycles. The van der Waals surface area contributed by atoms with Crippen molar-refractivity contribution in [1.29, 1.82) is 0 Å². The number of rotatable bonds is 7. The van der Waals surface area contributed by atoms with E-state index in [-0.39, 0.29) is 32.0 Å². The number of pyridine rings is 1. The largest absolute Gasteiger partial charge is 0.433 e. The molecule has 10 nitrogen and oxygen atoms in total. The van der Waals surface area contributed by atoms with E-state index >= 15 is 0 Å². The van der Waals surface area contributed by atoms with Crippen molar-refractivity contribution in [3.05, 3.63) is 68.0 Å². The van der Waals surface area contributed by atoms with Crippen LogP contribution < -0.4 is 11.1 Å². The number of nitrogens with zero attached hydrogens (tertiary/aromatic N) is 4. The Bertz CT molecular complexity index is 1630. The molecule has 0 saturated carbocycles. The molecule has 16 heteroatoms. The highest BCUT2D eigenvalue weighted by Crippen LogP contribution is 2.43. The van der Waals surface area contributed by atoms with Crippen LogP contribution in [0.4, 0.5) is 33.3 Å². The molecule has 0 bridgehead atoms. The number of carbonyl (C=O) groups excluding carboxylic acids is 2. The molecule has 0 spiro atoms. The van der Waals surface area contributed by atoms with Gasteiger partial charge in [0.1, 0.15) is 27.6 Å². The van der Waals surface area contributed by atoms with Gasteiger partial charge in [-0.3, -0.25) is 24.4 Å². The lowest BCUT2D eigenvalue weighted by Gasteiger charge is -2.13. The summed E-state index contributed by atoms with van der Waals surface area (Å²) in [4.78, 5) is 38.4. The molecule has 0 fully saturated rings. The van der Waals surface area contributed by atoms with E-state index in [4.69, 9.17) is 5.73 Å². The van der Waals surface area contributed by atoms with E-state index in [1.54, 1.807) is 31.2 Å². The Morgan fingerprint density at radius 2 is 1.85 bits per heavy atom. The summed E-state index contributed by atoms with van der Waals surface area (Å²) in [6.45, 7) is 2.11. The van der Waals surface area contributed by atoms with Crippen molar-refractivity contribution in [3.63, 3.8) is 0 Å². The van der Waals surface area contributed by atoms with Crippen LogP contribution in [0.2, 0.25) is 0 Å². The van der Waals surface area contributed by atoms with Crippen molar-refractivity contribution in [1.82, 2.24) is 14.8 Å². The molecule has 204 valence electrons. The number of anilines is 1. The highest BCUT2D eigenvalue weighted by Gasteiger charge is 2.35. The lowest BCUT2D eigenvalue weighted by molar-refractivity contribution is -0.386. The molecule has 0 radical (unpaired) electrons. The first-order valence-corrected chi connectivity index (χ1v) is 11.7. The minimum absolute atomic E-state index is 0.00253. The number of alkyl halides is 5. The van der Waals surface area contributed by atoms with E-state index in [1.807, 2.05) is 0 Å². The molecule has 39 heavy (non-hydrogen) atoms. The van der Waals surface area contributed by atoms with E-state index in [0.717, 1.165) is 18.6 Å². The zero-order chi connectivity index (χ0) is 28.8. The Kier molecular flexibility index (Phi) is 7.08. The second-order valence-corrected chi connectivity index (χ2v) is 9.35. The van der Waals surface area contributed by atoms with Crippen LogP contribution in [-0.2, 0) is 17.5 Å². The van der Waals surface area contributed by atoms with Crippen molar-refractivity contribution >= 4 is 44.7 Å². The number of nitrogens with two attached hydrogens (primary N) is 1. The second kappa shape index (κ2) is 10.0. The van der Waals surface area contributed by atoms with Gasteiger partial charge in [0, 0.05) is 5.39 Å². The maximum Gasteiger partial charge on any atom is 0.433 e. The molecule has 0 saturated heterocycles. The normalized spacial score (nSPS) is 11.8. The number of benzene rings is 1. The summed E-state index contributed by atoms with van der Waals surface area (Å²) in [6, 6.07) is 7.19. The van der Waals surface area contributed by atoms with Crippen molar-refractivity contribution < 1.29 is 36.5 Å². The van der Waals surface area contributed by atoms with Crippen LogP contribution in [-0.4, -0.2) is 31.5 Å². The molecule has 0 atom stereocenters. The molecule has 1 aromatic carbocycles. The van der Waals surface area contributed by atoms with Crippen molar-refractivity contribution in [2.24, 2.45) is 5.73 Å². The first kappa shape index (κ1) is 27.6. The third-order valence-electron chi connectivity index (χ3n) is 5.69. The maximum absolute atomic E-state index is 13.6. The van der Waals surface area contributed by atoms with E-state index in [2.05, 4.69) is 15.4 Å². The number of aromatic nitrogens is 3. The summed E-state index contributed by atoms with van der Waals surface area (Å²) in [5.74, 6) is -2.03. The topological polar surface area (TPSA) is 146 Å². The number of amides is 2. The predicted molar refractivity (Wildman–Crippen MR) is 131 cm³/mol. The number of hydrogen-bond donors (Lipinski definition) is 2. The van der Waals surface area contributed by atoms with Crippen LogP contribution in [0.1, 0.15) is 38.7 Å². The van der Waals surface area contributed by atoms with Gasteiger partial charge in [0.25, 0.3) is 12.3 Å². The highest BCUT2D eigenvalue weighted by atomic mass is 32.1. The van der Waals surface area contributed by atoms with Crippen LogP contribution in [0, 0.1) is 24.0 Å². The molecule has 3 heterocycles. The van der Waals surface area contributed by atoms with Crippen molar-refractivity contribution in [3.8, 4) is 11.1 Å². The van der Waals surface area contributed by atoms with E-state index in [0.29, 0.717) is 21.6 Å². The number of halogens is 5. The summed E-state index contributed by atoms with van der Waals surface area (Å²) in [7, 11) is 0. The summed E-state index contributed by atoms with van der Waals surface area (Å²) in [5, 5.41) is 17.1. The predicted octanol–water partition coefficient (Wildman–Crippen LogP) is 5.38. The highest BCUT2D eigenvalue weighted by molar-refractivity contribution is 7.21. The molecule has 3 aromatic heterocycles. The van der Waals surface area contributed by atoms with E-state index in [9.17, 15) is 41.7 Å². The van der Waals surface area contributed by atoms with Crippen LogP contribution in [0.15, 0.2) is 30.3 Å². The fourth-order valence-corrected chi connectivity index (χ4v) is 4.91. The number of nitro groups is 1. The summed E-state index contributed by atoms with van der Waals surface area (Å²) in [5.41, 5.74) is 2.70. The first-order chi connectivity index (χ1) is 18.2. The van der Waals surface area contributed by atoms with Gasteiger partial charge in [0.15, 0.2) is 0 Å². The smallest absolute Gasteiger partial charge is 0.365 e. The van der Waals surface area contributed by atoms with Gasteiger partial charge in [-0.05, 0) is 31.0 Å². The minimum atomic E-state index is -4.83. The van der Waals surface area contributed by atoms with Crippen LogP contribution in [0.5, 0.6) is 0 Å². The number of fused-ring (bicyclic) bond motifs is 1. The van der Waals surface area contributed by atoms with Crippen LogP contribution >= 0.6 is 11.3 Å². The average Bonchev–Trinajstić information content (AvgIpc) is 3.36. The lowest BCUT2D eigenvalue weighted by Crippen LogP contribution is -2.22. The standard InChI is InChI=1S/C23H17F5N6O4S/c1-9-3-5-11(6-4-9)12-7-13(23(26,27)28)30-22-15(12)16(19(39-22)21(29)36)31-14(35)8-33-10(2)18(34(37)38)17(32-33)20(24)25/h3-7,20H,8H2,1-2H3,(H2,29,36)(H,31,35). The van der Waals surface area contributed by atoms with Gasteiger partial charge in [-0.1, -0.05) is 29.8 Å². The third-order valence-corrected chi connectivity index (χ3v) is 6.79. The van der Waals surface area contributed by atoms with Gasteiger partial charge in [-0.25, -0.2) is 13.8 Å². The number of hydrogen-bond acceptors (Lipinski definition) is 7. The average molecular weight is 568 g/mol. The summed E-state index contributed by atoms with van der Waals surface area (Å²) in [6.07, 6.45) is -8.12. The van der Waals surface area contributed by atoms with Crippen molar-refractivity contribution in [2.75, 3.05) is 5.32 Å². The molecular weight excluding hydrogens is 551 g/mol. The van der Waals surface area contributed by atoms with Gasteiger partial charge in [-0.2, -0.15) is 18.3 Å². The Labute approximate surface area is 219 Å². The van der Waals surface area contributed by atoms with Crippen molar-refractivity contribution in [2.45, 2.75) is 33.0 Å². The molecule has 0 unspecified atom stereocenters. The molecular formula is C23H17F5N6O4S. The Hall–Kier alpha value is -4.47. The number of nitrogens with one attached hydrogen (secondary N) is 1. The van der Waals surface area contributed by atoms with Gasteiger partial charge < -0.3 is 11.1 Å². The maximum atomic E-state index is 13.6. The molecule has 0 aliphatic rings. The van der Waals surface area contributed by atoms with E-state index in [1.165, 1.54) is 0 Å². The number of carbonyl (C=O) groups is 2. The van der Waals surface area contributed by atoms with Gasteiger partial charge in [0.2, 0.25) is 11.6 Å². The Morgan fingerprint density at radius 1 is 1.21 bits per heavy atom. The quantitative estimate of drug-likeness (QED) is 0.174. The van der Waals surface area contributed by atoms with Gasteiger partial charge >= 0.3 is 11.9 Å². The Balaban J connectivity index is 1.85. The number of aryl methyl sites for hydroxylation is 1. The van der Waals surface area contributed by atoms with Crippen LogP contribution in [0.25, 0.3) is 21.3 Å². The summed E-state index contributed by atoms with van der Waals surface area (Å²) < 4.78 is 68.2. The fourth-order valence-electron chi connectivity index (χ4n) is 3.90. The number of primary amides is 1. The monoisotopic (exact) mass is 568 g/mol. The Morgan fingerprint density at radius 3 is 2.36 bits per heavy atom. The molecule has 4 aromatic rings. The summed E-state index contributed by atoms with van der Waals surface area (Å²) >= 11 is 0.529. The second-order valence-electron chi connectivity index (χ2n) is 8.35. The molecule has 2 amide bonds. The zero-order valence-electron chi connectivity index (χ0n) is 20.0. The third kappa shape index (κ3) is 5.27. The number of thiophene rings is 1. The SMILES string of the molecule is Cc1ccc(-c2cc(C(F)(F)F)nc3sc(C(N)=O)c(NC(=O)Cn4nc(C(F)F)c([N+](=O)[O-])c4C)c23)cc1. The zero-order valence-corrected chi connectivity index (χ0v) is 20.8. The fraction of sp³-hybridized carbons (Fsp3) is 0.217. The minimum Gasteiger partial charge on any atom is -0.365 e. The van der Waals surface area contributed by atoms with E-state index < -0.39 is 53.0 Å². The van der Waals surface area contributed by atoms with Crippen LogP contribution in [0.3, 0.4) is 0 Å². The van der Waals surface area contributed by atoms with Gasteiger partial charge in [-0.15, -0.1) is 11.3 Å². The van der Waals surface area contributed by atoms with Gasteiger partial charge in [0.05, 0.1) is 10.6 Å². The molecule has 3 N–H and O–H groups in total.